The summed E-state index contributed by atoms with van der Waals surface area (Å²) in [5, 5.41) is 17.5. The first-order valence-corrected chi connectivity index (χ1v) is 8.54. The Kier molecular flexibility index (Phi) is 5.81. The zero-order valence-corrected chi connectivity index (χ0v) is 15.1. The molecule has 1 heterocycles. The van der Waals surface area contributed by atoms with Gasteiger partial charge in [-0.1, -0.05) is 30.3 Å². The maximum Gasteiger partial charge on any atom is 0.322 e. The first-order valence-electron chi connectivity index (χ1n) is 8.54. The number of hydrogen-bond donors (Lipinski definition) is 4. The van der Waals surface area contributed by atoms with Gasteiger partial charge < -0.3 is 21.1 Å². The van der Waals surface area contributed by atoms with Gasteiger partial charge in [-0.3, -0.25) is 9.59 Å². The minimum Gasteiger partial charge on any atom is -0.480 e. The number of carboxylic acids is 1. The maximum absolute atomic E-state index is 11.1. The van der Waals surface area contributed by atoms with Gasteiger partial charge in [0.05, 0.1) is 5.69 Å². The predicted octanol–water partition coefficient (Wildman–Crippen LogP) is 3.34. The molecule has 0 radical (unpaired) electrons. The molecule has 3 aromatic rings. The number of nitrogens with one attached hydrogen (secondary N) is 3. The minimum absolute atomic E-state index is 0.141. The monoisotopic (exact) mass is 377 g/mol. The number of carboxylic acid groups (broad SMARTS) is 1. The van der Waals surface area contributed by atoms with Crippen LogP contribution in [0.25, 0.3) is 11.3 Å². The molecule has 1 aromatic heterocycles. The molecular weight excluding hydrogens is 358 g/mol. The molecule has 0 bridgehead atoms. The van der Waals surface area contributed by atoms with Crippen molar-refractivity contribution in [3.8, 4) is 11.3 Å². The number of carbonyl (C=O) groups excluding carboxylic acids is 1. The Morgan fingerprint density at radius 3 is 2.29 bits per heavy atom. The molecule has 8 heteroatoms. The predicted molar refractivity (Wildman–Crippen MR) is 108 cm³/mol. The Hall–Kier alpha value is -3.94. The topological polar surface area (TPSA) is 116 Å². The summed E-state index contributed by atoms with van der Waals surface area (Å²) in [5.41, 5.74) is 2.98. The molecule has 0 unspecified atom stereocenters. The van der Waals surface area contributed by atoms with Gasteiger partial charge >= 0.3 is 5.97 Å². The summed E-state index contributed by atoms with van der Waals surface area (Å²) in [6.45, 7) is 1.16. The first kappa shape index (κ1) is 18.8. The van der Waals surface area contributed by atoms with Crippen molar-refractivity contribution in [2.75, 3.05) is 22.5 Å². The lowest BCUT2D eigenvalue weighted by Crippen LogP contribution is -2.15. The number of aliphatic carboxylic acids is 1. The van der Waals surface area contributed by atoms with E-state index in [0.29, 0.717) is 17.2 Å². The summed E-state index contributed by atoms with van der Waals surface area (Å²) in [6, 6.07) is 18.5. The Labute approximate surface area is 161 Å². The van der Waals surface area contributed by atoms with Gasteiger partial charge in [0.1, 0.15) is 12.4 Å². The highest BCUT2D eigenvalue weighted by molar-refractivity contribution is 5.88. The van der Waals surface area contributed by atoms with Crippen molar-refractivity contribution in [3.63, 3.8) is 0 Å². The number of carbonyl (C=O) groups is 2. The SMILES string of the molecule is CC(=O)Nc1ccc(Nc2cc(-c3ccccc3)nc(NCC(=O)O)n2)cc1. The van der Waals surface area contributed by atoms with Gasteiger partial charge in [-0.05, 0) is 24.3 Å². The van der Waals surface area contributed by atoms with Crippen LogP contribution in [0.3, 0.4) is 0 Å². The average molecular weight is 377 g/mol. The highest BCUT2D eigenvalue weighted by atomic mass is 16.4. The van der Waals surface area contributed by atoms with Crippen molar-refractivity contribution in [2.45, 2.75) is 6.92 Å². The van der Waals surface area contributed by atoms with Crippen molar-refractivity contribution in [2.24, 2.45) is 0 Å². The van der Waals surface area contributed by atoms with Crippen molar-refractivity contribution in [1.29, 1.82) is 0 Å². The van der Waals surface area contributed by atoms with Crippen molar-refractivity contribution in [1.82, 2.24) is 9.97 Å². The zero-order valence-electron chi connectivity index (χ0n) is 15.1. The van der Waals surface area contributed by atoms with Crippen molar-refractivity contribution < 1.29 is 14.7 Å². The van der Waals surface area contributed by atoms with Gasteiger partial charge in [0.15, 0.2) is 0 Å². The number of anilines is 4. The van der Waals surface area contributed by atoms with Crippen LogP contribution in [0.1, 0.15) is 6.92 Å². The fraction of sp³-hybridized carbons (Fsp3) is 0.100. The molecule has 4 N–H and O–H groups in total. The molecule has 28 heavy (non-hydrogen) atoms. The second-order valence-corrected chi connectivity index (χ2v) is 5.96. The van der Waals surface area contributed by atoms with Crippen LogP contribution in [0.5, 0.6) is 0 Å². The van der Waals surface area contributed by atoms with Crippen LogP contribution in [0.2, 0.25) is 0 Å². The fourth-order valence-corrected chi connectivity index (χ4v) is 2.49. The summed E-state index contributed by atoms with van der Waals surface area (Å²) >= 11 is 0. The quantitative estimate of drug-likeness (QED) is 0.499. The Balaban J connectivity index is 1.87. The molecule has 0 spiro atoms. The van der Waals surface area contributed by atoms with E-state index < -0.39 is 5.97 Å². The first-order chi connectivity index (χ1) is 13.5. The molecular formula is C20H19N5O3. The summed E-state index contributed by atoms with van der Waals surface area (Å²) < 4.78 is 0. The molecule has 0 aliphatic rings. The third-order valence-electron chi connectivity index (χ3n) is 3.67. The van der Waals surface area contributed by atoms with Gasteiger partial charge in [-0.2, -0.15) is 4.98 Å². The largest absolute Gasteiger partial charge is 0.480 e. The van der Waals surface area contributed by atoms with Gasteiger partial charge in [-0.15, -0.1) is 0 Å². The third-order valence-corrected chi connectivity index (χ3v) is 3.67. The van der Waals surface area contributed by atoms with E-state index in [9.17, 15) is 9.59 Å². The van der Waals surface area contributed by atoms with E-state index in [4.69, 9.17) is 5.11 Å². The Bertz CT molecular complexity index is 975. The van der Waals surface area contributed by atoms with Crippen LogP contribution in [0, 0.1) is 0 Å². The summed E-state index contributed by atoms with van der Waals surface area (Å²) in [7, 11) is 0. The van der Waals surface area contributed by atoms with E-state index in [2.05, 4.69) is 25.9 Å². The molecule has 0 atom stereocenters. The zero-order chi connectivity index (χ0) is 19.9. The van der Waals surface area contributed by atoms with Crippen LogP contribution in [0.15, 0.2) is 60.7 Å². The summed E-state index contributed by atoms with van der Waals surface area (Å²) in [6.07, 6.45) is 0. The smallest absolute Gasteiger partial charge is 0.322 e. The highest BCUT2D eigenvalue weighted by Crippen LogP contribution is 2.24. The number of aromatic nitrogens is 2. The van der Waals surface area contributed by atoms with E-state index in [1.807, 2.05) is 30.3 Å². The maximum atomic E-state index is 11.1. The Morgan fingerprint density at radius 2 is 1.64 bits per heavy atom. The van der Waals surface area contributed by atoms with E-state index in [-0.39, 0.29) is 18.4 Å². The molecule has 3 rings (SSSR count). The lowest BCUT2D eigenvalue weighted by atomic mass is 10.1. The number of nitrogens with zero attached hydrogens (tertiary/aromatic N) is 2. The van der Waals surface area contributed by atoms with Crippen molar-refractivity contribution >= 4 is 35.0 Å². The van der Waals surface area contributed by atoms with Crippen LogP contribution in [-0.4, -0.2) is 33.5 Å². The minimum atomic E-state index is -1.00. The number of rotatable bonds is 7. The average Bonchev–Trinajstić information content (AvgIpc) is 2.68. The van der Waals surface area contributed by atoms with Gasteiger partial charge in [0.25, 0.3) is 0 Å². The van der Waals surface area contributed by atoms with Crippen LogP contribution in [0.4, 0.5) is 23.1 Å². The number of hydrogen-bond acceptors (Lipinski definition) is 6. The second kappa shape index (κ2) is 8.63. The summed E-state index contributed by atoms with van der Waals surface area (Å²) in [5.74, 6) is -0.426. The lowest BCUT2D eigenvalue weighted by molar-refractivity contribution is -0.135. The molecule has 0 aliphatic carbocycles. The molecule has 1 amide bonds. The molecule has 0 aliphatic heterocycles. The lowest BCUT2D eigenvalue weighted by Gasteiger charge is -2.11. The number of benzene rings is 2. The Morgan fingerprint density at radius 1 is 0.964 bits per heavy atom. The van der Waals surface area contributed by atoms with Gasteiger partial charge in [-0.25, -0.2) is 4.98 Å². The van der Waals surface area contributed by atoms with E-state index in [1.165, 1.54) is 6.92 Å². The molecule has 8 nitrogen and oxygen atoms in total. The van der Waals surface area contributed by atoms with E-state index >= 15 is 0 Å². The van der Waals surface area contributed by atoms with Crippen molar-refractivity contribution in [3.05, 3.63) is 60.7 Å². The summed E-state index contributed by atoms with van der Waals surface area (Å²) in [4.78, 5) is 30.7. The van der Waals surface area contributed by atoms with Crippen LogP contribution < -0.4 is 16.0 Å². The molecule has 142 valence electrons. The van der Waals surface area contributed by atoms with E-state index in [0.717, 1.165) is 11.3 Å². The second-order valence-electron chi connectivity index (χ2n) is 5.96. The number of amides is 1. The highest BCUT2D eigenvalue weighted by Gasteiger charge is 2.08. The van der Waals surface area contributed by atoms with Gasteiger partial charge in [0.2, 0.25) is 11.9 Å². The molecule has 0 fully saturated rings. The van der Waals surface area contributed by atoms with Crippen LogP contribution in [-0.2, 0) is 9.59 Å². The third kappa shape index (κ3) is 5.28. The normalized spacial score (nSPS) is 10.2. The fourth-order valence-electron chi connectivity index (χ4n) is 2.49. The molecule has 2 aromatic carbocycles. The van der Waals surface area contributed by atoms with E-state index in [1.54, 1.807) is 30.3 Å². The van der Waals surface area contributed by atoms with Crippen LogP contribution >= 0.6 is 0 Å². The molecule has 0 saturated heterocycles. The van der Waals surface area contributed by atoms with Gasteiger partial charge in [0, 0.05) is 29.9 Å². The standard InChI is InChI=1S/C20H19N5O3/c1-13(26)22-15-7-9-16(10-8-15)23-18-11-17(14-5-3-2-4-6-14)24-20(25-18)21-12-19(27)28/h2-11H,12H2,1H3,(H,22,26)(H,27,28)(H2,21,23,24,25). The molecule has 0 saturated carbocycles.